The summed E-state index contributed by atoms with van der Waals surface area (Å²) < 4.78 is 25.8. The van der Waals surface area contributed by atoms with Gasteiger partial charge in [-0.15, -0.1) is 12.4 Å². The fraction of sp³-hybridized carbons (Fsp3) is 0.462. The molecule has 1 unspecified atom stereocenters. The number of benzene rings is 1. The van der Waals surface area contributed by atoms with Crippen molar-refractivity contribution in [3.8, 4) is 0 Å². The zero-order valence-corrected chi connectivity index (χ0v) is 12.2. The van der Waals surface area contributed by atoms with Crippen LogP contribution in [0.3, 0.4) is 0 Å². The van der Waals surface area contributed by atoms with Crippen LogP contribution < -0.4 is 10.6 Å². The Morgan fingerprint density at radius 2 is 2.05 bits per heavy atom. The largest absolute Gasteiger partial charge is 0.354 e. The Morgan fingerprint density at radius 3 is 2.60 bits per heavy atom. The number of carbonyl (C=O) groups excluding carboxylic acids is 1. The molecule has 20 heavy (non-hydrogen) atoms. The number of amides is 1. The molecular formula is C13H16Cl2F2N2O. The first-order chi connectivity index (χ1) is 8.96. The molecular weight excluding hydrogens is 309 g/mol. The Hall–Kier alpha value is -0.910. The van der Waals surface area contributed by atoms with Gasteiger partial charge in [-0.25, -0.2) is 8.78 Å². The van der Waals surface area contributed by atoms with Crippen molar-refractivity contribution in [2.75, 3.05) is 13.1 Å². The lowest BCUT2D eigenvalue weighted by Gasteiger charge is -2.11. The van der Waals surface area contributed by atoms with E-state index < -0.39 is 24.9 Å². The molecule has 3 nitrogen and oxygen atoms in total. The van der Waals surface area contributed by atoms with Crippen LogP contribution in [-0.2, 0) is 11.2 Å². The minimum absolute atomic E-state index is 0. The van der Waals surface area contributed by atoms with Crippen molar-refractivity contribution in [1.82, 2.24) is 10.6 Å². The van der Waals surface area contributed by atoms with Gasteiger partial charge in [0.15, 0.2) is 0 Å². The van der Waals surface area contributed by atoms with Crippen LogP contribution in [0.25, 0.3) is 0 Å². The molecule has 1 aliphatic heterocycles. The van der Waals surface area contributed by atoms with Crippen LogP contribution in [0.2, 0.25) is 5.02 Å². The van der Waals surface area contributed by atoms with Crippen LogP contribution >= 0.6 is 24.0 Å². The van der Waals surface area contributed by atoms with Crippen molar-refractivity contribution in [2.45, 2.75) is 24.8 Å². The van der Waals surface area contributed by atoms with Gasteiger partial charge < -0.3 is 5.32 Å². The number of rotatable bonds is 4. The third-order valence-corrected chi connectivity index (χ3v) is 3.30. The highest BCUT2D eigenvalue weighted by Gasteiger charge is 2.42. The second-order valence-corrected chi connectivity index (χ2v) is 5.10. The van der Waals surface area contributed by atoms with E-state index in [2.05, 4.69) is 10.6 Å². The molecule has 1 saturated heterocycles. The average molecular weight is 325 g/mol. The predicted octanol–water partition coefficient (Wildman–Crippen LogP) is 2.42. The summed E-state index contributed by atoms with van der Waals surface area (Å²) in [5.74, 6) is -3.15. The summed E-state index contributed by atoms with van der Waals surface area (Å²) in [5.41, 5.74) is 1.04. The molecule has 1 heterocycles. The number of hydrogen-bond acceptors (Lipinski definition) is 2. The minimum Gasteiger partial charge on any atom is -0.354 e. The first kappa shape index (κ1) is 17.1. The van der Waals surface area contributed by atoms with E-state index in [1.807, 2.05) is 12.1 Å². The van der Waals surface area contributed by atoms with Gasteiger partial charge >= 0.3 is 0 Å². The van der Waals surface area contributed by atoms with Crippen LogP contribution in [0.5, 0.6) is 0 Å². The first-order valence-electron chi connectivity index (χ1n) is 6.10. The zero-order chi connectivity index (χ0) is 13.9. The fourth-order valence-corrected chi connectivity index (χ4v) is 2.13. The Labute approximate surface area is 127 Å². The molecule has 1 aliphatic rings. The normalized spacial score (nSPS) is 20.2. The van der Waals surface area contributed by atoms with Crippen LogP contribution in [0, 0.1) is 0 Å². The van der Waals surface area contributed by atoms with E-state index in [0.29, 0.717) is 18.0 Å². The van der Waals surface area contributed by atoms with Crippen molar-refractivity contribution in [2.24, 2.45) is 0 Å². The Bertz CT molecular complexity index is 454. The van der Waals surface area contributed by atoms with Crippen molar-refractivity contribution in [3.63, 3.8) is 0 Å². The number of alkyl halides is 2. The predicted molar refractivity (Wildman–Crippen MR) is 76.8 cm³/mol. The summed E-state index contributed by atoms with van der Waals surface area (Å²) >= 11 is 5.76. The summed E-state index contributed by atoms with van der Waals surface area (Å²) in [4.78, 5) is 11.6. The molecule has 1 aromatic carbocycles. The zero-order valence-electron chi connectivity index (χ0n) is 10.7. The summed E-state index contributed by atoms with van der Waals surface area (Å²) in [5, 5.41) is 5.84. The Morgan fingerprint density at radius 1 is 1.40 bits per heavy atom. The third kappa shape index (κ3) is 4.89. The fourth-order valence-electron chi connectivity index (χ4n) is 2.01. The van der Waals surface area contributed by atoms with Crippen molar-refractivity contribution < 1.29 is 13.6 Å². The van der Waals surface area contributed by atoms with Gasteiger partial charge in [0.2, 0.25) is 5.91 Å². The van der Waals surface area contributed by atoms with Crippen LogP contribution in [0.15, 0.2) is 24.3 Å². The molecule has 1 atom stereocenters. The molecule has 112 valence electrons. The molecule has 1 fully saturated rings. The molecule has 1 aromatic rings. The SMILES string of the molecule is Cl.O=C(NCCc1ccc(Cl)cc1)C1CC(F)(F)CN1. The molecule has 0 bridgehead atoms. The second kappa shape index (κ2) is 7.20. The van der Waals surface area contributed by atoms with Gasteiger partial charge in [-0.3, -0.25) is 10.1 Å². The summed E-state index contributed by atoms with van der Waals surface area (Å²) in [6.07, 6.45) is 0.214. The average Bonchev–Trinajstić information content (AvgIpc) is 2.72. The van der Waals surface area contributed by atoms with Crippen molar-refractivity contribution >= 4 is 29.9 Å². The molecule has 0 saturated carbocycles. The molecule has 7 heteroatoms. The van der Waals surface area contributed by atoms with Gasteiger partial charge in [-0.2, -0.15) is 0 Å². The maximum absolute atomic E-state index is 12.9. The summed E-state index contributed by atoms with van der Waals surface area (Å²) in [6.45, 7) is -0.00745. The van der Waals surface area contributed by atoms with Gasteiger partial charge in [-0.05, 0) is 24.1 Å². The molecule has 0 spiro atoms. The number of carbonyl (C=O) groups is 1. The van der Waals surface area contributed by atoms with E-state index >= 15 is 0 Å². The quantitative estimate of drug-likeness (QED) is 0.893. The highest BCUT2D eigenvalue weighted by atomic mass is 35.5. The lowest BCUT2D eigenvalue weighted by molar-refractivity contribution is -0.123. The lowest BCUT2D eigenvalue weighted by atomic mass is 10.1. The molecule has 2 N–H and O–H groups in total. The monoisotopic (exact) mass is 324 g/mol. The molecule has 2 rings (SSSR count). The van der Waals surface area contributed by atoms with E-state index in [1.165, 1.54) is 0 Å². The minimum atomic E-state index is -2.78. The maximum atomic E-state index is 12.9. The van der Waals surface area contributed by atoms with Gasteiger partial charge in [0, 0.05) is 18.0 Å². The maximum Gasteiger partial charge on any atom is 0.262 e. The van der Waals surface area contributed by atoms with Gasteiger partial charge in [0.25, 0.3) is 5.92 Å². The molecule has 0 aliphatic carbocycles. The van der Waals surface area contributed by atoms with Crippen molar-refractivity contribution in [3.05, 3.63) is 34.9 Å². The number of nitrogens with one attached hydrogen (secondary N) is 2. The third-order valence-electron chi connectivity index (χ3n) is 3.05. The van der Waals surface area contributed by atoms with Gasteiger partial charge in [-0.1, -0.05) is 23.7 Å². The Kier molecular flexibility index (Phi) is 6.17. The molecule has 0 radical (unpaired) electrons. The summed E-state index contributed by atoms with van der Waals surface area (Å²) in [7, 11) is 0. The van der Waals surface area contributed by atoms with E-state index in [-0.39, 0.29) is 18.3 Å². The van der Waals surface area contributed by atoms with Crippen LogP contribution in [-0.4, -0.2) is 31.0 Å². The number of halogens is 4. The van der Waals surface area contributed by atoms with Crippen molar-refractivity contribution in [1.29, 1.82) is 0 Å². The van der Waals surface area contributed by atoms with Gasteiger partial charge in [0.1, 0.15) is 0 Å². The molecule has 0 aromatic heterocycles. The van der Waals surface area contributed by atoms with E-state index in [4.69, 9.17) is 11.6 Å². The lowest BCUT2D eigenvalue weighted by Crippen LogP contribution is -2.41. The van der Waals surface area contributed by atoms with Crippen LogP contribution in [0.1, 0.15) is 12.0 Å². The smallest absolute Gasteiger partial charge is 0.262 e. The van der Waals surface area contributed by atoms with E-state index in [0.717, 1.165) is 5.56 Å². The Balaban J connectivity index is 0.00000200. The van der Waals surface area contributed by atoms with Gasteiger partial charge in [0.05, 0.1) is 12.6 Å². The van der Waals surface area contributed by atoms with Crippen LogP contribution in [0.4, 0.5) is 8.78 Å². The first-order valence-corrected chi connectivity index (χ1v) is 6.47. The number of hydrogen-bond donors (Lipinski definition) is 2. The summed E-state index contributed by atoms with van der Waals surface area (Å²) in [6, 6.07) is 6.50. The standard InChI is InChI=1S/C13H15ClF2N2O.ClH/c14-10-3-1-9(2-4-10)5-6-17-12(19)11-7-13(15,16)8-18-11;/h1-4,11,18H,5-8H2,(H,17,19);1H. The van der Waals surface area contributed by atoms with E-state index in [1.54, 1.807) is 12.1 Å². The van der Waals surface area contributed by atoms with E-state index in [9.17, 15) is 13.6 Å². The highest BCUT2D eigenvalue weighted by molar-refractivity contribution is 6.30. The second-order valence-electron chi connectivity index (χ2n) is 4.66. The molecule has 1 amide bonds. The highest BCUT2D eigenvalue weighted by Crippen LogP contribution is 2.24. The topological polar surface area (TPSA) is 41.1 Å².